The Morgan fingerprint density at radius 1 is 1.22 bits per heavy atom. The summed E-state index contributed by atoms with van der Waals surface area (Å²) in [5, 5.41) is 0. The van der Waals surface area contributed by atoms with Crippen LogP contribution in [0.1, 0.15) is 11.5 Å². The minimum Gasteiger partial charge on any atom is -0.497 e. The molecule has 23 heavy (non-hydrogen) atoms. The molecule has 0 N–H and O–H groups in total. The van der Waals surface area contributed by atoms with Gasteiger partial charge in [-0.1, -0.05) is 0 Å². The van der Waals surface area contributed by atoms with Gasteiger partial charge in [0.1, 0.15) is 17.3 Å². The summed E-state index contributed by atoms with van der Waals surface area (Å²) in [4.78, 5) is 7.13. The predicted molar refractivity (Wildman–Crippen MR) is 92.4 cm³/mol. The predicted octanol–water partition coefficient (Wildman–Crippen LogP) is 3.22. The van der Waals surface area contributed by atoms with E-state index in [1.54, 1.807) is 14.2 Å². The Hall–Kier alpha value is -1.66. The maximum absolute atomic E-state index is 5.91. The number of thioether (sulfide) groups is 1. The van der Waals surface area contributed by atoms with Crippen molar-refractivity contribution in [3.8, 4) is 23.0 Å². The quantitative estimate of drug-likeness (QED) is 0.837. The van der Waals surface area contributed by atoms with Crippen LogP contribution in [0.3, 0.4) is 0 Å². The highest BCUT2D eigenvalue weighted by molar-refractivity contribution is 7.99. The van der Waals surface area contributed by atoms with Gasteiger partial charge in [0.25, 0.3) is 0 Å². The molecule has 0 atom stereocenters. The van der Waals surface area contributed by atoms with Gasteiger partial charge in [-0.3, -0.25) is 4.90 Å². The number of aryl methyl sites for hydroxylation is 1. The Kier molecular flexibility index (Phi) is 5.13. The molecule has 3 rings (SSSR count). The SMILES string of the molecule is COc1ccc(OC)c(-c2nc(CN3CCSCC3)c(C)o2)c1. The second kappa shape index (κ2) is 7.27. The van der Waals surface area contributed by atoms with Crippen LogP contribution >= 0.6 is 11.8 Å². The summed E-state index contributed by atoms with van der Waals surface area (Å²) in [7, 11) is 3.29. The molecule has 1 saturated heterocycles. The molecule has 1 aromatic carbocycles. The van der Waals surface area contributed by atoms with Crippen molar-refractivity contribution < 1.29 is 13.9 Å². The molecule has 0 aliphatic carbocycles. The van der Waals surface area contributed by atoms with E-state index in [1.165, 1.54) is 11.5 Å². The molecule has 0 unspecified atom stereocenters. The highest BCUT2D eigenvalue weighted by atomic mass is 32.2. The lowest BCUT2D eigenvalue weighted by Gasteiger charge is -2.25. The molecule has 2 heterocycles. The Bertz CT molecular complexity index is 666. The lowest BCUT2D eigenvalue weighted by molar-refractivity contribution is 0.289. The highest BCUT2D eigenvalue weighted by Gasteiger charge is 2.19. The zero-order valence-electron chi connectivity index (χ0n) is 13.8. The van der Waals surface area contributed by atoms with Crippen LogP contribution in [0.5, 0.6) is 11.5 Å². The number of hydrogen-bond donors (Lipinski definition) is 0. The van der Waals surface area contributed by atoms with Gasteiger partial charge in [-0.05, 0) is 25.1 Å². The van der Waals surface area contributed by atoms with Crippen LogP contribution < -0.4 is 9.47 Å². The summed E-state index contributed by atoms with van der Waals surface area (Å²) >= 11 is 2.01. The molecule has 0 saturated carbocycles. The number of nitrogens with zero attached hydrogens (tertiary/aromatic N) is 2. The molecular weight excluding hydrogens is 312 g/mol. The van der Waals surface area contributed by atoms with Crippen LogP contribution in [0.4, 0.5) is 0 Å². The number of oxazole rings is 1. The van der Waals surface area contributed by atoms with Crippen molar-refractivity contribution in [2.45, 2.75) is 13.5 Å². The van der Waals surface area contributed by atoms with Gasteiger partial charge in [0.2, 0.25) is 5.89 Å². The van der Waals surface area contributed by atoms with Crippen LogP contribution in [0.25, 0.3) is 11.5 Å². The largest absolute Gasteiger partial charge is 0.497 e. The minimum absolute atomic E-state index is 0.583. The number of hydrogen-bond acceptors (Lipinski definition) is 6. The van der Waals surface area contributed by atoms with E-state index in [0.29, 0.717) is 5.89 Å². The second-order valence-electron chi connectivity index (χ2n) is 5.48. The topological polar surface area (TPSA) is 47.7 Å². The fourth-order valence-electron chi connectivity index (χ4n) is 2.64. The molecule has 124 valence electrons. The van der Waals surface area contributed by atoms with Gasteiger partial charge >= 0.3 is 0 Å². The zero-order valence-corrected chi connectivity index (χ0v) is 14.6. The van der Waals surface area contributed by atoms with Gasteiger partial charge < -0.3 is 13.9 Å². The van der Waals surface area contributed by atoms with Crippen LogP contribution in [-0.4, -0.2) is 48.7 Å². The van der Waals surface area contributed by atoms with E-state index in [0.717, 1.165) is 48.2 Å². The summed E-state index contributed by atoms with van der Waals surface area (Å²) in [6.07, 6.45) is 0. The first-order chi connectivity index (χ1) is 11.2. The molecule has 0 radical (unpaired) electrons. The van der Waals surface area contributed by atoms with Crippen molar-refractivity contribution >= 4 is 11.8 Å². The lowest BCUT2D eigenvalue weighted by Crippen LogP contribution is -2.32. The van der Waals surface area contributed by atoms with Crippen molar-refractivity contribution in [1.82, 2.24) is 9.88 Å². The van der Waals surface area contributed by atoms with E-state index in [-0.39, 0.29) is 0 Å². The smallest absolute Gasteiger partial charge is 0.230 e. The summed E-state index contributed by atoms with van der Waals surface area (Å²) in [6, 6.07) is 5.63. The van der Waals surface area contributed by atoms with E-state index in [1.807, 2.05) is 36.9 Å². The number of benzene rings is 1. The van der Waals surface area contributed by atoms with Crippen molar-refractivity contribution in [2.75, 3.05) is 38.8 Å². The van der Waals surface area contributed by atoms with Gasteiger partial charge in [0, 0.05) is 31.1 Å². The molecule has 0 amide bonds. The first-order valence-electron chi connectivity index (χ1n) is 7.70. The fraction of sp³-hybridized carbons (Fsp3) is 0.471. The van der Waals surface area contributed by atoms with Crippen LogP contribution in [0.2, 0.25) is 0 Å². The number of methoxy groups -OCH3 is 2. The Labute approximate surface area is 141 Å². The number of aromatic nitrogens is 1. The minimum atomic E-state index is 0.583. The van der Waals surface area contributed by atoms with Crippen molar-refractivity contribution in [2.24, 2.45) is 0 Å². The molecule has 1 aliphatic heterocycles. The average Bonchev–Trinajstić information content (AvgIpc) is 2.95. The fourth-order valence-corrected chi connectivity index (χ4v) is 3.62. The maximum Gasteiger partial charge on any atom is 0.230 e. The molecular formula is C17H22N2O3S. The summed E-state index contributed by atoms with van der Waals surface area (Å²) in [5.41, 5.74) is 1.81. The van der Waals surface area contributed by atoms with Gasteiger partial charge in [-0.25, -0.2) is 4.98 Å². The molecule has 6 heteroatoms. The molecule has 1 aromatic heterocycles. The number of rotatable bonds is 5. The molecule has 2 aromatic rings. The van der Waals surface area contributed by atoms with Gasteiger partial charge in [-0.15, -0.1) is 0 Å². The zero-order chi connectivity index (χ0) is 16.2. The maximum atomic E-state index is 5.91. The normalized spacial score (nSPS) is 15.6. The third kappa shape index (κ3) is 3.64. The third-order valence-electron chi connectivity index (χ3n) is 4.01. The lowest BCUT2D eigenvalue weighted by atomic mass is 10.2. The summed E-state index contributed by atoms with van der Waals surface area (Å²) < 4.78 is 16.6. The second-order valence-corrected chi connectivity index (χ2v) is 6.70. The summed E-state index contributed by atoms with van der Waals surface area (Å²) in [5.74, 6) is 5.31. The highest BCUT2D eigenvalue weighted by Crippen LogP contribution is 2.34. The monoisotopic (exact) mass is 334 g/mol. The van der Waals surface area contributed by atoms with E-state index in [9.17, 15) is 0 Å². The molecule has 1 fully saturated rings. The first-order valence-corrected chi connectivity index (χ1v) is 8.85. The number of ether oxygens (including phenoxy) is 2. The van der Waals surface area contributed by atoms with E-state index in [2.05, 4.69) is 4.90 Å². The standard InChI is InChI=1S/C17H22N2O3S/c1-12-15(11-19-6-8-23-9-7-19)18-17(22-12)14-10-13(20-2)4-5-16(14)21-3/h4-5,10H,6-9,11H2,1-3H3. The molecule has 1 aliphatic rings. The van der Waals surface area contributed by atoms with Crippen LogP contribution in [-0.2, 0) is 6.54 Å². The van der Waals surface area contributed by atoms with Crippen molar-refractivity contribution in [3.63, 3.8) is 0 Å². The molecule has 0 bridgehead atoms. The van der Waals surface area contributed by atoms with Crippen molar-refractivity contribution in [1.29, 1.82) is 0 Å². The van der Waals surface area contributed by atoms with E-state index in [4.69, 9.17) is 18.9 Å². The van der Waals surface area contributed by atoms with Gasteiger partial charge in [0.15, 0.2) is 0 Å². The third-order valence-corrected chi connectivity index (χ3v) is 4.95. The molecule has 0 spiro atoms. The Morgan fingerprint density at radius 2 is 2.00 bits per heavy atom. The van der Waals surface area contributed by atoms with Crippen LogP contribution in [0, 0.1) is 6.92 Å². The van der Waals surface area contributed by atoms with E-state index >= 15 is 0 Å². The Morgan fingerprint density at radius 3 is 2.70 bits per heavy atom. The van der Waals surface area contributed by atoms with Gasteiger partial charge in [-0.2, -0.15) is 11.8 Å². The van der Waals surface area contributed by atoms with E-state index < -0.39 is 0 Å². The Balaban J connectivity index is 1.87. The van der Waals surface area contributed by atoms with Gasteiger partial charge in [0.05, 0.1) is 25.5 Å². The summed E-state index contributed by atoms with van der Waals surface area (Å²) in [6.45, 7) is 5.02. The molecule has 5 nitrogen and oxygen atoms in total. The van der Waals surface area contributed by atoms with Crippen molar-refractivity contribution in [3.05, 3.63) is 29.7 Å². The average molecular weight is 334 g/mol. The van der Waals surface area contributed by atoms with Crippen LogP contribution in [0.15, 0.2) is 22.6 Å². The first kappa shape index (κ1) is 16.2.